The first-order valence-corrected chi connectivity index (χ1v) is 9.76. The Balaban J connectivity index is 1.40. The monoisotopic (exact) mass is 360 g/mol. The third-order valence-electron chi connectivity index (χ3n) is 6.28. The molecule has 5 heteroatoms. The van der Waals surface area contributed by atoms with E-state index >= 15 is 0 Å². The highest BCUT2D eigenvalue weighted by atomic mass is 16.1. The Morgan fingerprint density at radius 1 is 1.00 bits per heavy atom. The fraction of sp³-hybridized carbons (Fsp3) is 0.364. The largest absolute Gasteiger partial charge is 0.364 e. The summed E-state index contributed by atoms with van der Waals surface area (Å²) in [7, 11) is 0. The maximum Gasteiger partial charge on any atom is 0.267 e. The molecule has 3 aromatic rings. The van der Waals surface area contributed by atoms with Crippen LogP contribution in [-0.4, -0.2) is 32.4 Å². The van der Waals surface area contributed by atoms with Crippen LogP contribution in [0.1, 0.15) is 47.8 Å². The molecule has 2 atom stereocenters. The van der Waals surface area contributed by atoms with Gasteiger partial charge in [0.25, 0.3) is 5.91 Å². The number of fused-ring (bicyclic) bond motifs is 3. The van der Waals surface area contributed by atoms with Crippen LogP contribution in [0.5, 0.6) is 0 Å². The van der Waals surface area contributed by atoms with E-state index < -0.39 is 5.91 Å². The molecule has 4 heterocycles. The Morgan fingerprint density at radius 2 is 1.74 bits per heavy atom. The third kappa shape index (κ3) is 2.92. The van der Waals surface area contributed by atoms with Crippen LogP contribution in [0.2, 0.25) is 0 Å². The average Bonchev–Trinajstić information content (AvgIpc) is 3.19. The first-order valence-electron chi connectivity index (χ1n) is 9.76. The van der Waals surface area contributed by atoms with Crippen molar-refractivity contribution in [3.05, 3.63) is 66.0 Å². The van der Waals surface area contributed by atoms with Crippen LogP contribution in [0.15, 0.2) is 54.7 Å². The molecule has 2 saturated heterocycles. The van der Waals surface area contributed by atoms with Crippen LogP contribution >= 0.6 is 0 Å². The van der Waals surface area contributed by atoms with Crippen LogP contribution in [0, 0.1) is 0 Å². The summed E-state index contributed by atoms with van der Waals surface area (Å²) in [6.45, 7) is 1.04. The van der Waals surface area contributed by atoms with E-state index in [9.17, 15) is 4.79 Å². The molecule has 2 bridgehead atoms. The Kier molecular flexibility index (Phi) is 3.97. The number of pyridine rings is 1. The molecule has 1 amide bonds. The fourth-order valence-corrected chi connectivity index (χ4v) is 4.98. The van der Waals surface area contributed by atoms with Gasteiger partial charge in [0, 0.05) is 36.3 Å². The average molecular weight is 360 g/mol. The normalized spacial score (nSPS) is 25.1. The highest BCUT2D eigenvalue weighted by molar-refractivity contribution is 5.93. The van der Waals surface area contributed by atoms with Crippen LogP contribution in [0.3, 0.4) is 0 Å². The minimum Gasteiger partial charge on any atom is -0.364 e. The zero-order chi connectivity index (χ0) is 18.4. The SMILES string of the molecule is NC(=O)c1ccc2ccn(C3CC4CCC(C3)N4Cc3ccccc3)c2n1. The van der Waals surface area contributed by atoms with Crippen LogP contribution in [0.4, 0.5) is 0 Å². The van der Waals surface area contributed by atoms with Gasteiger partial charge in [-0.2, -0.15) is 0 Å². The van der Waals surface area contributed by atoms with Gasteiger partial charge < -0.3 is 10.3 Å². The molecular weight excluding hydrogens is 336 g/mol. The van der Waals surface area contributed by atoms with E-state index in [1.165, 1.54) is 18.4 Å². The summed E-state index contributed by atoms with van der Waals surface area (Å²) in [4.78, 5) is 18.8. The summed E-state index contributed by atoms with van der Waals surface area (Å²) in [6, 6.07) is 18.2. The number of piperidine rings is 1. The van der Waals surface area contributed by atoms with Gasteiger partial charge in [0.05, 0.1) is 0 Å². The number of amides is 1. The second kappa shape index (κ2) is 6.50. The number of nitrogens with two attached hydrogens (primary N) is 1. The van der Waals surface area contributed by atoms with E-state index in [0.717, 1.165) is 30.4 Å². The summed E-state index contributed by atoms with van der Waals surface area (Å²) in [5.74, 6) is -0.470. The molecule has 5 rings (SSSR count). The van der Waals surface area contributed by atoms with Crippen molar-refractivity contribution >= 4 is 16.9 Å². The first kappa shape index (κ1) is 16.5. The van der Waals surface area contributed by atoms with Gasteiger partial charge in [-0.3, -0.25) is 9.69 Å². The topological polar surface area (TPSA) is 64.2 Å². The fourth-order valence-electron chi connectivity index (χ4n) is 4.98. The van der Waals surface area contributed by atoms with Gasteiger partial charge in [-0.15, -0.1) is 0 Å². The van der Waals surface area contributed by atoms with E-state index in [4.69, 9.17) is 5.73 Å². The molecule has 0 radical (unpaired) electrons. The smallest absolute Gasteiger partial charge is 0.267 e. The van der Waals surface area contributed by atoms with Gasteiger partial charge >= 0.3 is 0 Å². The van der Waals surface area contributed by atoms with Crippen molar-refractivity contribution in [2.24, 2.45) is 5.73 Å². The standard InChI is InChI=1S/C22H24N4O/c23-21(27)20-9-6-16-10-11-25(22(16)24-20)19-12-17-7-8-18(13-19)26(17)14-15-4-2-1-3-5-15/h1-6,9-11,17-19H,7-8,12-14H2,(H2,23,27). The number of benzene rings is 1. The summed E-state index contributed by atoms with van der Waals surface area (Å²) in [5, 5.41) is 1.07. The number of hydrogen-bond donors (Lipinski definition) is 1. The van der Waals surface area contributed by atoms with Gasteiger partial charge in [0.2, 0.25) is 0 Å². The second-order valence-electron chi connectivity index (χ2n) is 7.86. The molecule has 0 aliphatic carbocycles. The molecule has 2 aromatic heterocycles. The van der Waals surface area contributed by atoms with Gasteiger partial charge in [0.15, 0.2) is 0 Å². The highest BCUT2D eigenvalue weighted by Gasteiger charge is 2.41. The predicted octanol–water partition coefficient (Wildman–Crippen LogP) is 3.50. The number of carbonyl (C=O) groups excluding carboxylic acids is 1. The van der Waals surface area contributed by atoms with Crippen molar-refractivity contribution in [3.63, 3.8) is 0 Å². The molecule has 2 aliphatic heterocycles. The lowest BCUT2D eigenvalue weighted by molar-refractivity contribution is 0.0990. The van der Waals surface area contributed by atoms with Crippen molar-refractivity contribution in [2.75, 3.05) is 0 Å². The van der Waals surface area contributed by atoms with Gasteiger partial charge in [-0.05, 0) is 49.4 Å². The Morgan fingerprint density at radius 3 is 2.44 bits per heavy atom. The van der Waals surface area contributed by atoms with E-state index in [-0.39, 0.29) is 0 Å². The molecular formula is C22H24N4O. The maximum absolute atomic E-state index is 11.5. The molecule has 2 fully saturated rings. The van der Waals surface area contributed by atoms with Crippen molar-refractivity contribution in [1.82, 2.24) is 14.5 Å². The minimum absolute atomic E-state index is 0.340. The third-order valence-corrected chi connectivity index (χ3v) is 6.28. The van der Waals surface area contributed by atoms with Gasteiger partial charge in [-0.1, -0.05) is 30.3 Å². The number of primary amides is 1. The zero-order valence-corrected chi connectivity index (χ0v) is 15.3. The lowest BCUT2D eigenvalue weighted by Crippen LogP contribution is -2.42. The van der Waals surface area contributed by atoms with Crippen molar-refractivity contribution in [2.45, 2.75) is 50.4 Å². The van der Waals surface area contributed by atoms with Crippen LogP contribution in [-0.2, 0) is 6.54 Å². The molecule has 1 aromatic carbocycles. The Hall–Kier alpha value is -2.66. The molecule has 138 valence electrons. The lowest BCUT2D eigenvalue weighted by atomic mass is 9.96. The van der Waals surface area contributed by atoms with Crippen LogP contribution in [0.25, 0.3) is 11.0 Å². The summed E-state index contributed by atoms with van der Waals surface area (Å²) >= 11 is 0. The molecule has 2 unspecified atom stereocenters. The first-order chi connectivity index (χ1) is 13.2. The summed E-state index contributed by atoms with van der Waals surface area (Å²) in [6.07, 6.45) is 6.94. The molecule has 2 N–H and O–H groups in total. The molecule has 27 heavy (non-hydrogen) atoms. The molecule has 0 spiro atoms. The molecule has 2 aliphatic rings. The van der Waals surface area contributed by atoms with E-state index in [2.05, 4.69) is 57.0 Å². The highest BCUT2D eigenvalue weighted by Crippen LogP contribution is 2.42. The van der Waals surface area contributed by atoms with Crippen molar-refractivity contribution in [3.8, 4) is 0 Å². The van der Waals surface area contributed by atoms with E-state index in [0.29, 0.717) is 23.8 Å². The number of aromatic nitrogens is 2. The Bertz CT molecular complexity index is 966. The zero-order valence-electron chi connectivity index (χ0n) is 15.3. The minimum atomic E-state index is -0.470. The lowest BCUT2D eigenvalue weighted by Gasteiger charge is -2.39. The van der Waals surface area contributed by atoms with E-state index in [1.807, 2.05) is 6.07 Å². The van der Waals surface area contributed by atoms with Gasteiger partial charge in [0.1, 0.15) is 11.3 Å². The van der Waals surface area contributed by atoms with E-state index in [1.54, 1.807) is 6.07 Å². The molecule has 5 nitrogen and oxygen atoms in total. The van der Waals surface area contributed by atoms with Gasteiger partial charge in [-0.25, -0.2) is 4.98 Å². The number of carbonyl (C=O) groups is 1. The number of hydrogen-bond acceptors (Lipinski definition) is 3. The maximum atomic E-state index is 11.5. The van der Waals surface area contributed by atoms with Crippen molar-refractivity contribution < 1.29 is 4.79 Å². The second-order valence-corrected chi connectivity index (χ2v) is 7.86. The summed E-state index contributed by atoms with van der Waals surface area (Å²) in [5.41, 5.74) is 8.05. The van der Waals surface area contributed by atoms with Crippen LogP contribution < -0.4 is 5.73 Å². The Labute approximate surface area is 158 Å². The molecule has 0 saturated carbocycles. The summed E-state index contributed by atoms with van der Waals surface area (Å²) < 4.78 is 2.27. The predicted molar refractivity (Wildman–Crippen MR) is 105 cm³/mol. The number of rotatable bonds is 4. The quantitative estimate of drug-likeness (QED) is 0.774. The number of nitrogens with zero attached hydrogens (tertiary/aromatic N) is 3. The van der Waals surface area contributed by atoms with Crippen molar-refractivity contribution in [1.29, 1.82) is 0 Å².